The Balaban J connectivity index is 1.98. The van der Waals surface area contributed by atoms with E-state index in [0.717, 1.165) is 12.8 Å². The number of aryl methyl sites for hydroxylation is 2. The van der Waals surface area contributed by atoms with Crippen LogP contribution in [0, 0.1) is 13.8 Å². The van der Waals surface area contributed by atoms with Gasteiger partial charge < -0.3 is 5.32 Å². The van der Waals surface area contributed by atoms with Crippen molar-refractivity contribution in [1.82, 2.24) is 5.32 Å². The third kappa shape index (κ3) is 3.37. The molecule has 1 aromatic rings. The molecule has 1 N–H and O–H groups in total. The lowest BCUT2D eigenvalue weighted by Crippen LogP contribution is -2.32. The van der Waals surface area contributed by atoms with Crippen molar-refractivity contribution in [3.8, 4) is 0 Å². The molecule has 4 heteroatoms. The molecular formula is C15H23NO2S. The number of benzene rings is 1. The first kappa shape index (κ1) is 14.5. The minimum atomic E-state index is -2.84. The van der Waals surface area contributed by atoms with Crippen molar-refractivity contribution >= 4 is 9.84 Å². The monoisotopic (exact) mass is 281 g/mol. The zero-order valence-electron chi connectivity index (χ0n) is 11.9. The fourth-order valence-electron chi connectivity index (χ4n) is 2.55. The molecule has 3 nitrogen and oxygen atoms in total. The summed E-state index contributed by atoms with van der Waals surface area (Å²) in [6.45, 7) is 6.86. The lowest BCUT2D eigenvalue weighted by atomic mass is 10.0. The second-order valence-electron chi connectivity index (χ2n) is 5.60. The molecular weight excluding hydrogens is 258 g/mol. The van der Waals surface area contributed by atoms with Crippen LogP contribution in [0.25, 0.3) is 0 Å². The normalized spacial score (nSPS) is 23.4. The van der Waals surface area contributed by atoms with Crippen LogP contribution >= 0.6 is 0 Å². The van der Waals surface area contributed by atoms with Gasteiger partial charge in [-0.25, -0.2) is 8.42 Å². The van der Waals surface area contributed by atoms with Crippen molar-refractivity contribution in [3.05, 3.63) is 34.9 Å². The Morgan fingerprint density at radius 2 is 2.05 bits per heavy atom. The number of sulfone groups is 1. The maximum Gasteiger partial charge on any atom is 0.154 e. The zero-order valence-corrected chi connectivity index (χ0v) is 12.8. The van der Waals surface area contributed by atoms with Gasteiger partial charge in [-0.05, 0) is 50.3 Å². The van der Waals surface area contributed by atoms with E-state index < -0.39 is 9.84 Å². The van der Waals surface area contributed by atoms with Crippen LogP contribution in [0.1, 0.15) is 42.5 Å². The lowest BCUT2D eigenvalue weighted by molar-refractivity contribution is 0.538. The Kier molecular flexibility index (Phi) is 4.31. The van der Waals surface area contributed by atoms with Gasteiger partial charge in [0.1, 0.15) is 0 Å². The van der Waals surface area contributed by atoms with Crippen molar-refractivity contribution in [2.24, 2.45) is 0 Å². The van der Waals surface area contributed by atoms with E-state index in [-0.39, 0.29) is 11.3 Å². The predicted octanol–water partition coefficient (Wildman–Crippen LogP) is 2.53. The van der Waals surface area contributed by atoms with Gasteiger partial charge in [0, 0.05) is 12.6 Å². The summed E-state index contributed by atoms with van der Waals surface area (Å²) >= 11 is 0. The van der Waals surface area contributed by atoms with Crippen molar-refractivity contribution in [2.75, 3.05) is 12.3 Å². The molecule has 0 spiro atoms. The van der Waals surface area contributed by atoms with Gasteiger partial charge in [0.05, 0.1) is 11.0 Å². The van der Waals surface area contributed by atoms with E-state index in [9.17, 15) is 8.42 Å². The van der Waals surface area contributed by atoms with Crippen LogP contribution < -0.4 is 5.32 Å². The second kappa shape index (κ2) is 5.63. The van der Waals surface area contributed by atoms with Gasteiger partial charge in [-0.3, -0.25) is 0 Å². The van der Waals surface area contributed by atoms with Crippen molar-refractivity contribution in [2.45, 2.75) is 44.9 Å². The van der Waals surface area contributed by atoms with E-state index in [4.69, 9.17) is 0 Å². The Bertz CT molecular complexity index is 551. The van der Waals surface area contributed by atoms with Crippen LogP contribution in [0.2, 0.25) is 0 Å². The van der Waals surface area contributed by atoms with E-state index in [1.807, 2.05) is 0 Å². The van der Waals surface area contributed by atoms with Crippen molar-refractivity contribution in [1.29, 1.82) is 0 Å². The van der Waals surface area contributed by atoms with Gasteiger partial charge in [0.2, 0.25) is 0 Å². The molecule has 1 aromatic carbocycles. The van der Waals surface area contributed by atoms with Crippen LogP contribution in [-0.4, -0.2) is 26.0 Å². The minimum Gasteiger partial charge on any atom is -0.309 e. The second-order valence-corrected chi connectivity index (χ2v) is 8.01. The molecule has 2 atom stereocenters. The Morgan fingerprint density at radius 3 is 2.63 bits per heavy atom. The standard InChI is InChI=1S/C15H23NO2S/c1-11-6-7-14(9-12(11)2)13(3)16-10-15-5-4-8-19(15,17)18/h6-7,9,13,15-16H,4-5,8,10H2,1-3H3. The van der Waals surface area contributed by atoms with E-state index >= 15 is 0 Å². The lowest BCUT2D eigenvalue weighted by Gasteiger charge is -2.18. The van der Waals surface area contributed by atoms with E-state index in [1.165, 1.54) is 16.7 Å². The van der Waals surface area contributed by atoms with Gasteiger partial charge in [0.15, 0.2) is 9.84 Å². The molecule has 19 heavy (non-hydrogen) atoms. The number of hydrogen-bond donors (Lipinski definition) is 1. The fraction of sp³-hybridized carbons (Fsp3) is 0.600. The molecule has 1 aliphatic rings. The van der Waals surface area contributed by atoms with Gasteiger partial charge in [-0.2, -0.15) is 0 Å². The van der Waals surface area contributed by atoms with E-state index in [0.29, 0.717) is 12.3 Å². The molecule has 1 heterocycles. The zero-order chi connectivity index (χ0) is 14.0. The SMILES string of the molecule is Cc1ccc(C(C)NCC2CCCS2(=O)=O)cc1C. The van der Waals surface area contributed by atoms with Crippen LogP contribution in [0.5, 0.6) is 0 Å². The van der Waals surface area contributed by atoms with Crippen LogP contribution in [0.4, 0.5) is 0 Å². The summed E-state index contributed by atoms with van der Waals surface area (Å²) in [6.07, 6.45) is 1.61. The third-order valence-electron chi connectivity index (χ3n) is 4.15. The Hall–Kier alpha value is -0.870. The van der Waals surface area contributed by atoms with Crippen LogP contribution in [0.15, 0.2) is 18.2 Å². The highest BCUT2D eigenvalue weighted by Gasteiger charge is 2.31. The molecule has 0 aliphatic carbocycles. The van der Waals surface area contributed by atoms with Crippen LogP contribution in [0.3, 0.4) is 0 Å². The molecule has 1 fully saturated rings. The highest BCUT2D eigenvalue weighted by atomic mass is 32.2. The molecule has 2 unspecified atom stereocenters. The van der Waals surface area contributed by atoms with Crippen molar-refractivity contribution in [3.63, 3.8) is 0 Å². The quantitative estimate of drug-likeness (QED) is 0.922. The summed E-state index contributed by atoms with van der Waals surface area (Å²) in [5.41, 5.74) is 3.78. The highest BCUT2D eigenvalue weighted by molar-refractivity contribution is 7.92. The summed E-state index contributed by atoms with van der Waals surface area (Å²) in [4.78, 5) is 0. The molecule has 0 amide bonds. The van der Waals surface area contributed by atoms with Crippen molar-refractivity contribution < 1.29 is 8.42 Å². The largest absolute Gasteiger partial charge is 0.309 e. The minimum absolute atomic E-state index is 0.190. The van der Waals surface area contributed by atoms with Gasteiger partial charge in [-0.15, -0.1) is 0 Å². The molecule has 0 bridgehead atoms. The Morgan fingerprint density at radius 1 is 1.32 bits per heavy atom. The predicted molar refractivity (Wildman–Crippen MR) is 79.1 cm³/mol. The summed E-state index contributed by atoms with van der Waals surface area (Å²) < 4.78 is 23.5. The molecule has 2 rings (SSSR count). The first-order chi connectivity index (χ1) is 8.90. The first-order valence-electron chi connectivity index (χ1n) is 6.92. The van der Waals surface area contributed by atoms with Gasteiger partial charge >= 0.3 is 0 Å². The van der Waals surface area contributed by atoms with Crippen LogP contribution in [-0.2, 0) is 9.84 Å². The summed E-state index contributed by atoms with van der Waals surface area (Å²) in [5, 5.41) is 3.17. The molecule has 1 saturated heterocycles. The van der Waals surface area contributed by atoms with Gasteiger partial charge in [0.25, 0.3) is 0 Å². The molecule has 0 saturated carbocycles. The Labute approximate surface area is 116 Å². The molecule has 0 radical (unpaired) electrons. The maximum atomic E-state index is 11.8. The number of hydrogen-bond acceptors (Lipinski definition) is 3. The molecule has 106 valence electrons. The average Bonchev–Trinajstić information content (AvgIpc) is 2.69. The number of rotatable bonds is 4. The smallest absolute Gasteiger partial charge is 0.154 e. The van der Waals surface area contributed by atoms with E-state index in [1.54, 1.807) is 0 Å². The maximum absolute atomic E-state index is 11.8. The summed E-state index contributed by atoms with van der Waals surface area (Å²) in [7, 11) is -2.84. The molecule has 0 aromatic heterocycles. The first-order valence-corrected chi connectivity index (χ1v) is 8.64. The average molecular weight is 281 g/mol. The topological polar surface area (TPSA) is 46.2 Å². The third-order valence-corrected chi connectivity index (χ3v) is 6.42. The molecule has 1 aliphatic heterocycles. The summed E-state index contributed by atoms with van der Waals surface area (Å²) in [5.74, 6) is 0.358. The number of nitrogens with one attached hydrogen (secondary N) is 1. The summed E-state index contributed by atoms with van der Waals surface area (Å²) in [6, 6.07) is 6.60. The van der Waals surface area contributed by atoms with Gasteiger partial charge in [-0.1, -0.05) is 18.2 Å². The highest BCUT2D eigenvalue weighted by Crippen LogP contribution is 2.21. The fourth-order valence-corrected chi connectivity index (χ4v) is 4.33. The van der Waals surface area contributed by atoms with E-state index in [2.05, 4.69) is 44.3 Å².